The number of rotatable bonds is 4. The summed E-state index contributed by atoms with van der Waals surface area (Å²) in [5, 5.41) is 7.47. The summed E-state index contributed by atoms with van der Waals surface area (Å²) in [6.45, 7) is 4.79. The Hall–Kier alpha value is -1.68. The van der Waals surface area contributed by atoms with Crippen LogP contribution in [-0.2, 0) is 13.6 Å². The Morgan fingerprint density at radius 3 is 2.72 bits per heavy atom. The van der Waals surface area contributed by atoms with Crippen molar-refractivity contribution < 1.29 is 4.39 Å². The summed E-state index contributed by atoms with van der Waals surface area (Å²) in [6.07, 6.45) is 1.75. The molecule has 0 radical (unpaired) electrons. The lowest BCUT2D eigenvalue weighted by molar-refractivity contribution is 0.582. The average Bonchev–Trinajstić information content (AvgIpc) is 2.73. The Bertz CT molecular complexity index is 532. The van der Waals surface area contributed by atoms with Crippen molar-refractivity contribution >= 4 is 0 Å². The summed E-state index contributed by atoms with van der Waals surface area (Å²) in [6, 6.07) is 7.18. The molecule has 2 aromatic rings. The Labute approximate surface area is 107 Å². The second-order valence-electron chi connectivity index (χ2n) is 4.68. The Morgan fingerprint density at radius 2 is 2.11 bits per heavy atom. The van der Waals surface area contributed by atoms with Crippen molar-refractivity contribution in [2.75, 3.05) is 0 Å². The monoisotopic (exact) mass is 247 g/mol. The van der Waals surface area contributed by atoms with E-state index in [4.69, 9.17) is 0 Å². The van der Waals surface area contributed by atoms with E-state index in [0.29, 0.717) is 12.6 Å². The minimum atomic E-state index is -0.207. The van der Waals surface area contributed by atoms with Crippen LogP contribution in [0.5, 0.6) is 0 Å². The third-order valence-corrected chi connectivity index (χ3v) is 2.86. The molecule has 0 atom stereocenters. The Kier molecular flexibility index (Phi) is 3.77. The molecule has 0 fully saturated rings. The second kappa shape index (κ2) is 5.31. The highest BCUT2D eigenvalue weighted by atomic mass is 19.1. The summed E-state index contributed by atoms with van der Waals surface area (Å²) in [4.78, 5) is 0. The molecule has 0 aliphatic rings. The first-order chi connectivity index (χ1) is 8.58. The molecule has 4 heteroatoms. The SMILES string of the molecule is CC(C)NCc1cc(F)ccc1-c1ccnn1C. The maximum absolute atomic E-state index is 13.4. The van der Waals surface area contributed by atoms with Gasteiger partial charge < -0.3 is 5.32 Å². The van der Waals surface area contributed by atoms with Crippen LogP contribution < -0.4 is 5.32 Å². The molecule has 0 amide bonds. The van der Waals surface area contributed by atoms with E-state index in [1.807, 2.05) is 19.2 Å². The van der Waals surface area contributed by atoms with Crippen LogP contribution in [0.25, 0.3) is 11.3 Å². The first kappa shape index (κ1) is 12.8. The van der Waals surface area contributed by atoms with Crippen LogP contribution in [0.1, 0.15) is 19.4 Å². The van der Waals surface area contributed by atoms with Gasteiger partial charge in [-0.05, 0) is 29.8 Å². The van der Waals surface area contributed by atoms with Crippen LogP contribution in [0, 0.1) is 5.82 Å². The first-order valence-electron chi connectivity index (χ1n) is 6.08. The fourth-order valence-electron chi connectivity index (χ4n) is 1.91. The highest BCUT2D eigenvalue weighted by Crippen LogP contribution is 2.23. The number of aromatic nitrogens is 2. The lowest BCUT2D eigenvalue weighted by Crippen LogP contribution is -2.22. The van der Waals surface area contributed by atoms with Crippen LogP contribution in [-0.4, -0.2) is 15.8 Å². The third-order valence-electron chi connectivity index (χ3n) is 2.86. The zero-order valence-electron chi connectivity index (χ0n) is 10.9. The molecular formula is C14H18FN3. The summed E-state index contributed by atoms with van der Waals surface area (Å²) in [5.74, 6) is -0.207. The molecule has 0 aliphatic carbocycles. The van der Waals surface area contributed by atoms with Gasteiger partial charge in [0.25, 0.3) is 0 Å². The Balaban J connectivity index is 2.37. The van der Waals surface area contributed by atoms with Crippen LogP contribution in [0.2, 0.25) is 0 Å². The molecule has 0 saturated heterocycles. The molecule has 18 heavy (non-hydrogen) atoms. The van der Waals surface area contributed by atoms with Crippen LogP contribution in [0.15, 0.2) is 30.5 Å². The van der Waals surface area contributed by atoms with E-state index in [2.05, 4.69) is 24.3 Å². The van der Waals surface area contributed by atoms with Gasteiger partial charge in [0.05, 0.1) is 5.69 Å². The van der Waals surface area contributed by atoms with Crippen molar-refractivity contribution in [3.05, 3.63) is 41.8 Å². The largest absolute Gasteiger partial charge is 0.310 e. The Morgan fingerprint density at radius 1 is 1.33 bits per heavy atom. The van der Waals surface area contributed by atoms with Gasteiger partial charge in [-0.2, -0.15) is 5.10 Å². The van der Waals surface area contributed by atoms with Gasteiger partial charge in [0.2, 0.25) is 0 Å². The molecular weight excluding hydrogens is 229 g/mol. The maximum Gasteiger partial charge on any atom is 0.123 e. The van der Waals surface area contributed by atoms with Crippen molar-refractivity contribution in [2.24, 2.45) is 7.05 Å². The number of aryl methyl sites for hydroxylation is 1. The molecule has 0 saturated carbocycles. The topological polar surface area (TPSA) is 29.9 Å². The fourth-order valence-corrected chi connectivity index (χ4v) is 1.91. The van der Waals surface area contributed by atoms with Gasteiger partial charge in [0.1, 0.15) is 5.82 Å². The highest BCUT2D eigenvalue weighted by Gasteiger charge is 2.10. The molecule has 2 rings (SSSR count). The predicted octanol–water partition coefficient (Wildman–Crippen LogP) is 2.72. The lowest BCUT2D eigenvalue weighted by atomic mass is 10.0. The molecule has 1 aromatic carbocycles. The van der Waals surface area contributed by atoms with E-state index in [1.165, 1.54) is 6.07 Å². The van der Waals surface area contributed by atoms with Crippen molar-refractivity contribution in [3.63, 3.8) is 0 Å². The maximum atomic E-state index is 13.4. The summed E-state index contributed by atoms with van der Waals surface area (Å²) in [7, 11) is 1.89. The van der Waals surface area contributed by atoms with Gasteiger partial charge in [0, 0.05) is 31.4 Å². The van der Waals surface area contributed by atoms with Gasteiger partial charge in [-0.3, -0.25) is 4.68 Å². The third kappa shape index (κ3) is 2.76. The predicted molar refractivity (Wildman–Crippen MR) is 70.6 cm³/mol. The average molecular weight is 247 g/mol. The standard InChI is InChI=1S/C14H18FN3/c1-10(2)16-9-11-8-12(15)4-5-13(11)14-6-7-17-18(14)3/h4-8,10,16H,9H2,1-3H3. The van der Waals surface area contributed by atoms with Gasteiger partial charge in [0.15, 0.2) is 0 Å². The lowest BCUT2D eigenvalue weighted by Gasteiger charge is -2.13. The van der Waals surface area contributed by atoms with E-state index in [9.17, 15) is 4.39 Å². The quantitative estimate of drug-likeness (QED) is 0.900. The number of nitrogens with one attached hydrogen (secondary N) is 1. The van der Waals surface area contributed by atoms with Crippen LogP contribution >= 0.6 is 0 Å². The zero-order valence-corrected chi connectivity index (χ0v) is 10.9. The number of hydrogen-bond donors (Lipinski definition) is 1. The van der Waals surface area contributed by atoms with Gasteiger partial charge in [-0.15, -0.1) is 0 Å². The number of nitrogens with zero attached hydrogens (tertiary/aromatic N) is 2. The van der Waals surface area contributed by atoms with Crippen LogP contribution in [0.3, 0.4) is 0 Å². The van der Waals surface area contributed by atoms with Crippen molar-refractivity contribution in [1.29, 1.82) is 0 Å². The molecule has 1 heterocycles. The molecule has 3 nitrogen and oxygen atoms in total. The molecule has 1 aromatic heterocycles. The fraction of sp³-hybridized carbons (Fsp3) is 0.357. The van der Waals surface area contributed by atoms with Gasteiger partial charge >= 0.3 is 0 Å². The molecule has 1 N–H and O–H groups in total. The van der Waals surface area contributed by atoms with Crippen molar-refractivity contribution in [1.82, 2.24) is 15.1 Å². The summed E-state index contributed by atoms with van der Waals surface area (Å²) < 4.78 is 15.2. The molecule has 0 unspecified atom stereocenters. The molecule has 96 valence electrons. The minimum absolute atomic E-state index is 0.207. The van der Waals surface area contributed by atoms with Gasteiger partial charge in [-0.1, -0.05) is 13.8 Å². The van der Waals surface area contributed by atoms with E-state index < -0.39 is 0 Å². The number of hydrogen-bond acceptors (Lipinski definition) is 2. The van der Waals surface area contributed by atoms with Crippen LogP contribution in [0.4, 0.5) is 4.39 Å². The summed E-state index contributed by atoms with van der Waals surface area (Å²) >= 11 is 0. The van der Waals surface area contributed by atoms with Gasteiger partial charge in [-0.25, -0.2) is 4.39 Å². The normalized spacial score (nSPS) is 11.2. The van der Waals surface area contributed by atoms with Crippen molar-refractivity contribution in [2.45, 2.75) is 26.4 Å². The minimum Gasteiger partial charge on any atom is -0.310 e. The smallest absolute Gasteiger partial charge is 0.123 e. The van der Waals surface area contributed by atoms with E-state index in [0.717, 1.165) is 16.8 Å². The number of benzene rings is 1. The number of halogens is 1. The van der Waals surface area contributed by atoms with Crippen molar-refractivity contribution in [3.8, 4) is 11.3 Å². The van der Waals surface area contributed by atoms with E-state index in [-0.39, 0.29) is 5.82 Å². The zero-order chi connectivity index (χ0) is 13.1. The molecule has 0 bridgehead atoms. The summed E-state index contributed by atoms with van der Waals surface area (Å²) in [5.41, 5.74) is 2.97. The van der Waals surface area contributed by atoms with E-state index >= 15 is 0 Å². The first-order valence-corrected chi connectivity index (χ1v) is 6.08. The molecule has 0 aliphatic heterocycles. The second-order valence-corrected chi connectivity index (χ2v) is 4.68. The van der Waals surface area contributed by atoms with E-state index in [1.54, 1.807) is 16.9 Å². The highest BCUT2D eigenvalue weighted by molar-refractivity contribution is 5.63. The molecule has 0 spiro atoms.